The van der Waals surface area contributed by atoms with Crippen molar-refractivity contribution in [1.29, 1.82) is 0 Å². The van der Waals surface area contributed by atoms with Crippen molar-refractivity contribution in [3.8, 4) is 11.1 Å². The van der Waals surface area contributed by atoms with Gasteiger partial charge in [0.1, 0.15) is 23.5 Å². The normalized spacial score (nSPS) is 14.3. The first-order valence-electron chi connectivity index (χ1n) is 9.80. The number of aryl methyl sites for hydroxylation is 1. The number of halogens is 1. The molecule has 4 aromatic rings. The zero-order valence-corrected chi connectivity index (χ0v) is 16.5. The second-order valence-electron chi connectivity index (χ2n) is 7.21. The van der Waals surface area contributed by atoms with E-state index in [4.69, 9.17) is 4.98 Å². The Bertz CT molecular complexity index is 1200. The predicted molar refractivity (Wildman–Crippen MR) is 114 cm³/mol. The Morgan fingerprint density at radius 3 is 2.77 bits per heavy atom. The van der Waals surface area contributed by atoms with Crippen molar-refractivity contribution in [3.63, 3.8) is 0 Å². The molecule has 5 rings (SSSR count). The molecule has 3 aromatic heterocycles. The summed E-state index contributed by atoms with van der Waals surface area (Å²) in [5, 5.41) is 10.9. The van der Waals surface area contributed by atoms with Crippen molar-refractivity contribution in [1.82, 2.24) is 30.0 Å². The summed E-state index contributed by atoms with van der Waals surface area (Å²) in [5.41, 5.74) is 3.66. The van der Waals surface area contributed by atoms with Crippen molar-refractivity contribution in [2.45, 2.75) is 0 Å². The molecule has 0 spiro atoms. The van der Waals surface area contributed by atoms with Crippen molar-refractivity contribution in [3.05, 3.63) is 54.9 Å². The van der Waals surface area contributed by atoms with Gasteiger partial charge in [0.05, 0.1) is 11.7 Å². The van der Waals surface area contributed by atoms with Crippen LogP contribution in [0.25, 0.3) is 22.2 Å². The quantitative estimate of drug-likeness (QED) is 0.541. The summed E-state index contributed by atoms with van der Waals surface area (Å²) in [5.74, 6) is 1.16. The van der Waals surface area contributed by atoms with Crippen LogP contribution in [-0.4, -0.2) is 50.9 Å². The van der Waals surface area contributed by atoms with Crippen molar-refractivity contribution >= 4 is 28.4 Å². The molecule has 30 heavy (non-hydrogen) atoms. The van der Waals surface area contributed by atoms with Crippen LogP contribution in [-0.2, 0) is 7.05 Å². The Kier molecular flexibility index (Phi) is 4.72. The fourth-order valence-corrected chi connectivity index (χ4v) is 3.64. The lowest BCUT2D eigenvalue weighted by Crippen LogP contribution is -2.43. The molecular weight excluding hydrogens is 383 g/mol. The molecule has 1 fully saturated rings. The summed E-state index contributed by atoms with van der Waals surface area (Å²) in [4.78, 5) is 15.9. The highest BCUT2D eigenvalue weighted by atomic mass is 19.1. The summed E-state index contributed by atoms with van der Waals surface area (Å²) in [6.07, 6.45) is 5.06. The van der Waals surface area contributed by atoms with Crippen molar-refractivity contribution in [2.24, 2.45) is 7.05 Å². The first kappa shape index (κ1) is 18.4. The SMILES string of the molecule is Cn1cc(-c2cc(F)ccc2Nc2ncnc3ccc(N4CCNCC4)nc23)cn1. The summed E-state index contributed by atoms with van der Waals surface area (Å²) >= 11 is 0. The van der Waals surface area contributed by atoms with E-state index in [2.05, 4.69) is 30.6 Å². The number of rotatable bonds is 4. The summed E-state index contributed by atoms with van der Waals surface area (Å²) in [7, 11) is 1.83. The highest BCUT2D eigenvalue weighted by Gasteiger charge is 2.15. The molecule has 0 amide bonds. The number of nitrogens with one attached hydrogen (secondary N) is 2. The van der Waals surface area contributed by atoms with Crippen LogP contribution in [0.1, 0.15) is 0 Å². The Morgan fingerprint density at radius 2 is 1.97 bits per heavy atom. The molecule has 1 aliphatic rings. The van der Waals surface area contributed by atoms with Crippen molar-refractivity contribution < 1.29 is 4.39 Å². The van der Waals surface area contributed by atoms with Crippen LogP contribution in [0.2, 0.25) is 0 Å². The fourth-order valence-electron chi connectivity index (χ4n) is 3.64. The van der Waals surface area contributed by atoms with Crippen LogP contribution >= 0.6 is 0 Å². The molecule has 2 N–H and O–H groups in total. The lowest BCUT2D eigenvalue weighted by atomic mass is 10.1. The van der Waals surface area contributed by atoms with Crippen LogP contribution in [0.4, 0.5) is 21.7 Å². The number of nitrogens with zero attached hydrogens (tertiary/aromatic N) is 6. The molecule has 0 radical (unpaired) electrons. The number of hydrogen-bond donors (Lipinski definition) is 2. The highest BCUT2D eigenvalue weighted by molar-refractivity contribution is 5.90. The molecule has 8 nitrogen and oxygen atoms in total. The molecule has 0 aliphatic carbocycles. The zero-order valence-electron chi connectivity index (χ0n) is 16.5. The Labute approximate surface area is 172 Å². The minimum absolute atomic E-state index is 0.314. The standard InChI is InChI=1S/C21H21FN8/c1-29-12-14(11-26-29)16-10-15(22)2-3-17(16)27-21-20-18(24-13-25-21)4-5-19(28-20)30-8-6-23-7-9-30/h2-5,10-13,23H,6-9H2,1H3,(H,24,25,27). The van der Waals surface area contributed by atoms with Crippen molar-refractivity contribution in [2.75, 3.05) is 36.4 Å². The van der Waals surface area contributed by atoms with Gasteiger partial charge in [0.15, 0.2) is 5.82 Å². The maximum Gasteiger partial charge on any atom is 0.160 e. The summed E-state index contributed by atoms with van der Waals surface area (Å²) in [6, 6.07) is 8.56. The van der Waals surface area contributed by atoms with Gasteiger partial charge in [-0.05, 0) is 30.3 Å². The number of fused-ring (bicyclic) bond motifs is 1. The molecule has 1 aliphatic heterocycles. The van der Waals surface area contributed by atoms with Crippen LogP contribution in [0.15, 0.2) is 49.1 Å². The Hall–Kier alpha value is -3.59. The molecular formula is C21H21FN8. The molecule has 9 heteroatoms. The van der Waals surface area contributed by atoms with E-state index in [-0.39, 0.29) is 5.82 Å². The summed E-state index contributed by atoms with van der Waals surface area (Å²) in [6.45, 7) is 3.66. The summed E-state index contributed by atoms with van der Waals surface area (Å²) < 4.78 is 15.7. The molecule has 0 unspecified atom stereocenters. The molecule has 0 bridgehead atoms. The Balaban J connectivity index is 1.56. The van der Waals surface area contributed by atoms with Gasteiger partial charge in [-0.15, -0.1) is 0 Å². The monoisotopic (exact) mass is 404 g/mol. The molecule has 1 aromatic carbocycles. The average Bonchev–Trinajstić information content (AvgIpc) is 3.21. The van der Waals surface area contributed by atoms with Crippen LogP contribution in [0, 0.1) is 5.82 Å². The van der Waals surface area contributed by atoms with E-state index in [0.717, 1.165) is 48.8 Å². The topological polar surface area (TPSA) is 83.8 Å². The van der Waals surface area contributed by atoms with Gasteiger partial charge in [0.25, 0.3) is 0 Å². The minimum atomic E-state index is -0.314. The third-order valence-corrected chi connectivity index (χ3v) is 5.16. The van der Waals surface area contributed by atoms with Gasteiger partial charge >= 0.3 is 0 Å². The van der Waals surface area contributed by atoms with Gasteiger partial charge in [0.2, 0.25) is 0 Å². The number of anilines is 3. The molecule has 4 heterocycles. The van der Waals surface area contributed by atoms with Gasteiger partial charge in [-0.2, -0.15) is 5.10 Å². The van der Waals surface area contributed by atoms with E-state index in [9.17, 15) is 4.39 Å². The van der Waals surface area contributed by atoms with Gasteiger partial charge in [-0.25, -0.2) is 19.3 Å². The Morgan fingerprint density at radius 1 is 1.10 bits per heavy atom. The number of hydrogen-bond acceptors (Lipinski definition) is 7. The molecule has 1 saturated heterocycles. The molecule has 0 atom stereocenters. The average molecular weight is 404 g/mol. The lowest BCUT2D eigenvalue weighted by molar-refractivity contribution is 0.585. The van der Waals surface area contributed by atoms with Gasteiger partial charge < -0.3 is 15.5 Å². The fraction of sp³-hybridized carbons (Fsp3) is 0.238. The number of pyridine rings is 1. The maximum atomic E-state index is 14.0. The van der Waals surface area contributed by atoms with Gasteiger partial charge in [0, 0.05) is 56.2 Å². The third kappa shape index (κ3) is 3.55. The van der Waals surface area contributed by atoms with E-state index < -0.39 is 0 Å². The van der Waals surface area contributed by atoms with Crippen LogP contribution in [0.5, 0.6) is 0 Å². The van der Waals surface area contributed by atoms with Gasteiger partial charge in [-0.3, -0.25) is 4.68 Å². The third-order valence-electron chi connectivity index (χ3n) is 5.16. The number of piperazine rings is 1. The van der Waals surface area contributed by atoms with E-state index in [1.807, 2.05) is 25.4 Å². The van der Waals surface area contributed by atoms with E-state index >= 15 is 0 Å². The second-order valence-corrected chi connectivity index (χ2v) is 7.21. The van der Waals surface area contributed by atoms with Gasteiger partial charge in [-0.1, -0.05) is 0 Å². The highest BCUT2D eigenvalue weighted by Crippen LogP contribution is 2.32. The first-order chi connectivity index (χ1) is 14.7. The van der Waals surface area contributed by atoms with Crippen LogP contribution in [0.3, 0.4) is 0 Å². The maximum absolute atomic E-state index is 14.0. The lowest BCUT2D eigenvalue weighted by Gasteiger charge is -2.28. The zero-order chi connectivity index (χ0) is 20.5. The second kappa shape index (κ2) is 7.68. The smallest absolute Gasteiger partial charge is 0.160 e. The largest absolute Gasteiger partial charge is 0.354 e. The van der Waals surface area contributed by atoms with E-state index in [0.29, 0.717) is 16.9 Å². The van der Waals surface area contributed by atoms with E-state index in [1.165, 1.54) is 18.5 Å². The van der Waals surface area contributed by atoms with Crippen LogP contribution < -0.4 is 15.5 Å². The minimum Gasteiger partial charge on any atom is -0.354 e. The molecule has 152 valence electrons. The number of benzene rings is 1. The number of aromatic nitrogens is 5. The first-order valence-corrected chi connectivity index (χ1v) is 9.80. The molecule has 0 saturated carbocycles. The van der Waals surface area contributed by atoms with E-state index in [1.54, 1.807) is 16.9 Å². The predicted octanol–water partition coefficient (Wildman–Crippen LogP) is 2.72.